The van der Waals surface area contributed by atoms with Gasteiger partial charge in [0, 0.05) is 54.9 Å². The fraction of sp³-hybridized carbons (Fsp3) is 0. The van der Waals surface area contributed by atoms with E-state index in [2.05, 4.69) is 159 Å². The van der Waals surface area contributed by atoms with Crippen molar-refractivity contribution >= 4 is 88.5 Å². The highest BCUT2D eigenvalue weighted by Crippen LogP contribution is 2.44. The van der Waals surface area contributed by atoms with Gasteiger partial charge >= 0.3 is 0 Å². The van der Waals surface area contributed by atoms with Gasteiger partial charge in [-0.15, -0.1) is 0 Å². The van der Waals surface area contributed by atoms with Crippen LogP contribution < -0.4 is 16.4 Å². The van der Waals surface area contributed by atoms with Gasteiger partial charge in [0.2, 0.25) is 0 Å². The van der Waals surface area contributed by atoms with Gasteiger partial charge in [0.25, 0.3) is 6.71 Å². The molecule has 3 aromatic heterocycles. The molecule has 0 spiro atoms. The monoisotopic (exact) mass is 581 g/mol. The number of fused-ring (bicyclic) bond motifs is 14. The quantitative estimate of drug-likeness (QED) is 0.174. The first-order valence-corrected chi connectivity index (χ1v) is 16.1. The molecule has 0 amide bonds. The van der Waals surface area contributed by atoms with Crippen molar-refractivity contribution in [2.75, 3.05) is 0 Å². The van der Waals surface area contributed by atoms with Crippen molar-refractivity contribution in [3.05, 3.63) is 146 Å². The van der Waals surface area contributed by atoms with E-state index in [1.165, 1.54) is 98.9 Å². The smallest absolute Gasteiger partial charge is 0.252 e. The van der Waals surface area contributed by atoms with Crippen molar-refractivity contribution in [2.24, 2.45) is 0 Å². The summed E-state index contributed by atoms with van der Waals surface area (Å²) < 4.78 is 7.58. The van der Waals surface area contributed by atoms with E-state index in [1.54, 1.807) is 0 Å². The minimum absolute atomic E-state index is 0.109. The summed E-state index contributed by atoms with van der Waals surface area (Å²) in [6.45, 7) is 0.109. The summed E-state index contributed by atoms with van der Waals surface area (Å²) in [5, 5.41) is 7.91. The van der Waals surface area contributed by atoms with Gasteiger partial charge in [-0.05, 0) is 64.9 Å². The number of aromatic nitrogens is 3. The van der Waals surface area contributed by atoms with Gasteiger partial charge in [-0.3, -0.25) is 0 Å². The maximum absolute atomic E-state index is 2.57. The third-order valence-electron chi connectivity index (χ3n) is 10.8. The second-order valence-electron chi connectivity index (χ2n) is 12.9. The van der Waals surface area contributed by atoms with E-state index in [9.17, 15) is 0 Å². The largest absolute Gasteiger partial charge is 0.310 e. The summed E-state index contributed by atoms with van der Waals surface area (Å²) in [4.78, 5) is 0. The molecule has 0 atom stereocenters. The Bertz CT molecular complexity index is 2980. The average Bonchev–Trinajstić information content (AvgIpc) is 3.76. The van der Waals surface area contributed by atoms with Crippen molar-refractivity contribution in [2.45, 2.75) is 0 Å². The second kappa shape index (κ2) is 7.98. The Hall–Kier alpha value is -6.00. The van der Waals surface area contributed by atoms with E-state index >= 15 is 0 Å². The standard InChI is InChI=1S/C42H24BN3/c1-2-12-25(13-3-1)44-33-20-8-5-15-28(33)38-37(44)24-31-42-39(38)29-16-6-9-21-34(29)46(42)36-23-11-22-35-40(36)43(31)30-18-10-17-27-26-14-4-7-19-32(26)45(35)41(27)30/h1-24H. The highest BCUT2D eigenvalue weighted by molar-refractivity contribution is 7.00. The van der Waals surface area contributed by atoms with Gasteiger partial charge in [0.05, 0.1) is 27.6 Å². The molecular formula is C42H24BN3. The summed E-state index contributed by atoms with van der Waals surface area (Å²) in [5.41, 5.74) is 15.6. The van der Waals surface area contributed by atoms with Gasteiger partial charge in [-0.25, -0.2) is 0 Å². The van der Waals surface area contributed by atoms with E-state index in [0.717, 1.165) is 0 Å². The van der Waals surface area contributed by atoms with Crippen LogP contribution in [0.3, 0.4) is 0 Å². The molecule has 2 aliphatic heterocycles. The molecule has 4 heteroatoms. The molecule has 0 unspecified atom stereocenters. The molecule has 46 heavy (non-hydrogen) atoms. The van der Waals surface area contributed by atoms with Crippen molar-refractivity contribution in [3.63, 3.8) is 0 Å². The van der Waals surface area contributed by atoms with E-state index < -0.39 is 0 Å². The number of benzene rings is 7. The van der Waals surface area contributed by atoms with Crippen LogP contribution in [0.15, 0.2) is 146 Å². The summed E-state index contributed by atoms with van der Waals surface area (Å²) in [6, 6.07) is 54.1. The molecule has 0 radical (unpaired) electrons. The molecule has 0 N–H and O–H groups in total. The molecule has 0 saturated heterocycles. The van der Waals surface area contributed by atoms with E-state index in [1.807, 2.05) is 0 Å². The lowest BCUT2D eigenvalue weighted by Gasteiger charge is -2.33. The molecule has 10 aromatic rings. The van der Waals surface area contributed by atoms with Crippen LogP contribution in [0.25, 0.3) is 82.5 Å². The van der Waals surface area contributed by atoms with Gasteiger partial charge in [-0.1, -0.05) is 97.1 Å². The highest BCUT2D eigenvalue weighted by Gasteiger charge is 2.41. The molecule has 0 bridgehead atoms. The molecule has 2 aliphatic rings. The number of hydrogen-bond acceptors (Lipinski definition) is 0. The Labute approximate surface area is 264 Å². The number of rotatable bonds is 1. The average molecular weight is 581 g/mol. The molecule has 210 valence electrons. The van der Waals surface area contributed by atoms with Gasteiger partial charge in [0.15, 0.2) is 0 Å². The molecular weight excluding hydrogens is 557 g/mol. The fourth-order valence-electron chi connectivity index (χ4n) is 9.20. The molecule has 12 rings (SSSR count). The van der Waals surface area contributed by atoms with E-state index in [0.29, 0.717) is 0 Å². The zero-order chi connectivity index (χ0) is 29.7. The van der Waals surface area contributed by atoms with E-state index in [4.69, 9.17) is 0 Å². The maximum Gasteiger partial charge on any atom is 0.252 e. The molecule has 3 nitrogen and oxygen atoms in total. The highest BCUT2D eigenvalue weighted by atomic mass is 15.0. The minimum atomic E-state index is 0.109. The van der Waals surface area contributed by atoms with Crippen LogP contribution in [-0.2, 0) is 0 Å². The minimum Gasteiger partial charge on any atom is -0.310 e. The molecule has 5 heterocycles. The van der Waals surface area contributed by atoms with Crippen LogP contribution in [0.5, 0.6) is 0 Å². The zero-order valence-electron chi connectivity index (χ0n) is 24.8. The first-order chi connectivity index (χ1) is 22.9. The molecule has 0 saturated carbocycles. The van der Waals surface area contributed by atoms with Crippen LogP contribution in [0.2, 0.25) is 0 Å². The van der Waals surface area contributed by atoms with Gasteiger partial charge in [0.1, 0.15) is 0 Å². The van der Waals surface area contributed by atoms with Gasteiger partial charge in [-0.2, -0.15) is 0 Å². The van der Waals surface area contributed by atoms with E-state index in [-0.39, 0.29) is 6.71 Å². The van der Waals surface area contributed by atoms with Crippen LogP contribution >= 0.6 is 0 Å². The van der Waals surface area contributed by atoms with Crippen molar-refractivity contribution in [1.29, 1.82) is 0 Å². The Morgan fingerprint density at radius 2 is 0.935 bits per heavy atom. The summed E-state index contributed by atoms with van der Waals surface area (Å²) in [6.07, 6.45) is 0. The first-order valence-electron chi connectivity index (χ1n) is 16.1. The lowest BCUT2D eigenvalue weighted by Crippen LogP contribution is -2.59. The maximum atomic E-state index is 2.57. The SMILES string of the molecule is c1ccc(-n2c3ccccc3c3c4c5ccccc5n5c4c(cc32)B2c3c(cccc3-5)-n3c4ccccc4c4cccc2c43)cc1. The lowest BCUT2D eigenvalue weighted by molar-refractivity contribution is 1.14. The van der Waals surface area contributed by atoms with Crippen molar-refractivity contribution in [3.8, 4) is 17.1 Å². The second-order valence-corrected chi connectivity index (χ2v) is 12.9. The van der Waals surface area contributed by atoms with Gasteiger partial charge < -0.3 is 13.7 Å². The predicted molar refractivity (Wildman–Crippen MR) is 194 cm³/mol. The topological polar surface area (TPSA) is 14.8 Å². The zero-order valence-corrected chi connectivity index (χ0v) is 24.8. The number of para-hydroxylation sites is 5. The normalized spacial score (nSPS) is 13.2. The van der Waals surface area contributed by atoms with Crippen LogP contribution in [0.1, 0.15) is 0 Å². The summed E-state index contributed by atoms with van der Waals surface area (Å²) in [7, 11) is 0. The number of hydrogen-bond donors (Lipinski definition) is 0. The van der Waals surface area contributed by atoms with Crippen LogP contribution in [-0.4, -0.2) is 20.4 Å². The molecule has 7 aromatic carbocycles. The Morgan fingerprint density at radius 3 is 1.70 bits per heavy atom. The third-order valence-corrected chi connectivity index (χ3v) is 10.8. The molecule has 0 aliphatic carbocycles. The van der Waals surface area contributed by atoms with Crippen LogP contribution in [0, 0.1) is 0 Å². The Kier molecular flexibility index (Phi) is 4.06. The first kappa shape index (κ1) is 23.4. The van der Waals surface area contributed by atoms with Crippen molar-refractivity contribution < 1.29 is 0 Å². The van der Waals surface area contributed by atoms with Crippen LogP contribution in [0.4, 0.5) is 0 Å². The lowest BCUT2D eigenvalue weighted by atomic mass is 9.34. The Balaban J connectivity index is 1.37. The Morgan fingerprint density at radius 1 is 0.370 bits per heavy atom. The predicted octanol–water partition coefficient (Wildman–Crippen LogP) is 8.12. The van der Waals surface area contributed by atoms with Crippen molar-refractivity contribution in [1.82, 2.24) is 13.7 Å². The summed E-state index contributed by atoms with van der Waals surface area (Å²) in [5.74, 6) is 0. The summed E-state index contributed by atoms with van der Waals surface area (Å²) >= 11 is 0. The molecule has 0 fully saturated rings. The third kappa shape index (κ3) is 2.54. The number of nitrogens with zero attached hydrogens (tertiary/aromatic N) is 3. The fourth-order valence-corrected chi connectivity index (χ4v) is 9.20.